The van der Waals surface area contributed by atoms with Crippen molar-refractivity contribution in [3.8, 4) is 0 Å². The Kier molecular flexibility index (Phi) is 5.77. The van der Waals surface area contributed by atoms with E-state index in [1.165, 1.54) is 16.0 Å². The van der Waals surface area contributed by atoms with Crippen LogP contribution in [0.25, 0.3) is 0 Å². The van der Waals surface area contributed by atoms with E-state index in [-0.39, 0.29) is 0 Å². The Morgan fingerprint density at radius 3 is 2.80 bits per heavy atom. The van der Waals surface area contributed by atoms with E-state index < -0.39 is 0 Å². The fourth-order valence-electron chi connectivity index (χ4n) is 2.31. The van der Waals surface area contributed by atoms with E-state index in [9.17, 15) is 0 Å². The largest absolute Gasteiger partial charge is 0.308 e. The standard InChI is InChI=1S/C17H24N2S/c1-14-6-4-7-16(12-14)13-19(3)10-9-18-15(2)17-8-5-11-20-17/h4-8,11-12,15,18H,9-10,13H2,1-3H3. The minimum absolute atomic E-state index is 0.447. The maximum absolute atomic E-state index is 3.58. The highest BCUT2D eigenvalue weighted by Gasteiger charge is 2.06. The summed E-state index contributed by atoms with van der Waals surface area (Å²) < 4.78 is 0. The van der Waals surface area contributed by atoms with Gasteiger partial charge in [-0.15, -0.1) is 11.3 Å². The molecule has 2 nitrogen and oxygen atoms in total. The van der Waals surface area contributed by atoms with Crippen LogP contribution < -0.4 is 5.32 Å². The Balaban J connectivity index is 1.71. The molecule has 3 heteroatoms. The molecule has 1 atom stereocenters. The summed E-state index contributed by atoms with van der Waals surface area (Å²) in [4.78, 5) is 3.77. The topological polar surface area (TPSA) is 15.3 Å². The van der Waals surface area contributed by atoms with E-state index in [1.54, 1.807) is 0 Å². The molecule has 20 heavy (non-hydrogen) atoms. The third-order valence-corrected chi connectivity index (χ3v) is 4.50. The fourth-order valence-corrected chi connectivity index (χ4v) is 3.07. The summed E-state index contributed by atoms with van der Waals surface area (Å²) in [6, 6.07) is 13.5. The second-order valence-electron chi connectivity index (χ2n) is 5.42. The molecule has 0 amide bonds. The number of aryl methyl sites for hydroxylation is 1. The van der Waals surface area contributed by atoms with Crippen molar-refractivity contribution in [3.63, 3.8) is 0 Å². The predicted molar refractivity (Wildman–Crippen MR) is 88.2 cm³/mol. The van der Waals surface area contributed by atoms with Crippen LogP contribution in [0.2, 0.25) is 0 Å². The number of thiophene rings is 1. The lowest BCUT2D eigenvalue weighted by Gasteiger charge is -2.19. The first-order valence-corrected chi connectivity index (χ1v) is 8.04. The van der Waals surface area contributed by atoms with Gasteiger partial charge in [0.25, 0.3) is 0 Å². The van der Waals surface area contributed by atoms with Gasteiger partial charge < -0.3 is 10.2 Å². The van der Waals surface area contributed by atoms with Crippen LogP contribution in [0.3, 0.4) is 0 Å². The van der Waals surface area contributed by atoms with E-state index in [0.29, 0.717) is 6.04 Å². The molecule has 0 saturated heterocycles. The highest BCUT2D eigenvalue weighted by atomic mass is 32.1. The lowest BCUT2D eigenvalue weighted by Crippen LogP contribution is -2.30. The van der Waals surface area contributed by atoms with Crippen LogP contribution >= 0.6 is 11.3 Å². The zero-order valence-corrected chi connectivity index (χ0v) is 13.4. The summed E-state index contributed by atoms with van der Waals surface area (Å²) in [6.07, 6.45) is 0. The Bertz CT molecular complexity index is 507. The first-order valence-electron chi connectivity index (χ1n) is 7.16. The third kappa shape index (κ3) is 4.75. The van der Waals surface area contributed by atoms with Gasteiger partial charge >= 0.3 is 0 Å². The summed E-state index contributed by atoms with van der Waals surface area (Å²) in [5.74, 6) is 0. The SMILES string of the molecule is Cc1cccc(CN(C)CCNC(C)c2cccs2)c1. The monoisotopic (exact) mass is 288 g/mol. The third-order valence-electron chi connectivity index (χ3n) is 3.45. The molecule has 0 radical (unpaired) electrons. The van der Waals surface area contributed by atoms with Crippen LogP contribution in [0.4, 0.5) is 0 Å². The van der Waals surface area contributed by atoms with Crippen molar-refractivity contribution in [2.45, 2.75) is 26.4 Å². The van der Waals surface area contributed by atoms with Crippen molar-refractivity contribution in [2.75, 3.05) is 20.1 Å². The molecule has 0 aliphatic carbocycles. The summed E-state index contributed by atoms with van der Waals surface area (Å²) in [7, 11) is 2.18. The van der Waals surface area contributed by atoms with E-state index >= 15 is 0 Å². The Morgan fingerprint density at radius 1 is 1.25 bits per heavy atom. The van der Waals surface area contributed by atoms with Gasteiger partial charge in [0, 0.05) is 30.6 Å². The molecule has 2 rings (SSSR count). The molecule has 0 fully saturated rings. The van der Waals surface area contributed by atoms with Crippen molar-refractivity contribution in [1.29, 1.82) is 0 Å². The van der Waals surface area contributed by atoms with Crippen LogP contribution in [0.15, 0.2) is 41.8 Å². The van der Waals surface area contributed by atoms with E-state index in [0.717, 1.165) is 19.6 Å². The van der Waals surface area contributed by atoms with Gasteiger partial charge in [0.05, 0.1) is 0 Å². The zero-order chi connectivity index (χ0) is 14.4. The molecule has 0 spiro atoms. The van der Waals surface area contributed by atoms with Gasteiger partial charge in [0.1, 0.15) is 0 Å². The molecule has 0 bridgehead atoms. The molecule has 0 saturated carbocycles. The highest BCUT2D eigenvalue weighted by molar-refractivity contribution is 7.10. The maximum atomic E-state index is 3.58. The molecule has 2 aromatic rings. The first-order chi connectivity index (χ1) is 9.65. The molecule has 1 heterocycles. The number of benzene rings is 1. The molecule has 108 valence electrons. The van der Waals surface area contributed by atoms with Gasteiger partial charge in [-0.1, -0.05) is 35.9 Å². The molecule has 0 aliphatic rings. The smallest absolute Gasteiger partial charge is 0.0386 e. The van der Waals surface area contributed by atoms with Crippen LogP contribution in [-0.2, 0) is 6.54 Å². The molecule has 1 N–H and O–H groups in total. The van der Waals surface area contributed by atoms with Crippen molar-refractivity contribution in [3.05, 3.63) is 57.8 Å². The first kappa shape index (κ1) is 15.2. The molecular formula is C17H24N2S. The van der Waals surface area contributed by atoms with Gasteiger partial charge in [-0.25, -0.2) is 0 Å². The lowest BCUT2D eigenvalue weighted by molar-refractivity contribution is 0.319. The van der Waals surface area contributed by atoms with Crippen LogP contribution in [0.1, 0.15) is 29.0 Å². The van der Waals surface area contributed by atoms with Crippen LogP contribution in [0.5, 0.6) is 0 Å². The molecule has 1 aromatic heterocycles. The fraction of sp³-hybridized carbons (Fsp3) is 0.412. The van der Waals surface area contributed by atoms with Crippen molar-refractivity contribution in [1.82, 2.24) is 10.2 Å². The van der Waals surface area contributed by atoms with Gasteiger partial charge in [-0.2, -0.15) is 0 Å². The van der Waals surface area contributed by atoms with E-state index in [1.807, 2.05) is 11.3 Å². The number of likely N-dealkylation sites (N-methyl/N-ethyl adjacent to an activating group) is 1. The molecule has 0 aliphatic heterocycles. The van der Waals surface area contributed by atoms with Crippen LogP contribution in [-0.4, -0.2) is 25.0 Å². The normalized spacial score (nSPS) is 12.8. The predicted octanol–water partition coefficient (Wildman–Crippen LogP) is 3.84. The van der Waals surface area contributed by atoms with Gasteiger partial charge in [0.15, 0.2) is 0 Å². The molecule has 1 unspecified atom stereocenters. The Morgan fingerprint density at radius 2 is 2.10 bits per heavy atom. The highest BCUT2D eigenvalue weighted by Crippen LogP contribution is 2.17. The second-order valence-corrected chi connectivity index (χ2v) is 6.40. The summed E-state index contributed by atoms with van der Waals surface area (Å²) in [5, 5.41) is 5.72. The van der Waals surface area contributed by atoms with E-state index in [2.05, 4.69) is 72.9 Å². The summed E-state index contributed by atoms with van der Waals surface area (Å²) in [5.41, 5.74) is 2.72. The second kappa shape index (κ2) is 7.58. The van der Waals surface area contributed by atoms with Crippen molar-refractivity contribution in [2.24, 2.45) is 0 Å². The Labute approximate surface area is 126 Å². The molecular weight excluding hydrogens is 264 g/mol. The van der Waals surface area contributed by atoms with E-state index in [4.69, 9.17) is 0 Å². The Hall–Kier alpha value is -1.16. The minimum Gasteiger partial charge on any atom is -0.308 e. The number of nitrogens with one attached hydrogen (secondary N) is 1. The molecule has 1 aromatic carbocycles. The average molecular weight is 288 g/mol. The zero-order valence-electron chi connectivity index (χ0n) is 12.6. The quantitative estimate of drug-likeness (QED) is 0.833. The lowest BCUT2D eigenvalue weighted by atomic mass is 10.1. The van der Waals surface area contributed by atoms with Crippen LogP contribution in [0, 0.1) is 6.92 Å². The van der Waals surface area contributed by atoms with Crippen molar-refractivity contribution >= 4 is 11.3 Å². The average Bonchev–Trinajstić information content (AvgIpc) is 2.92. The minimum atomic E-state index is 0.447. The van der Waals surface area contributed by atoms with Crippen molar-refractivity contribution < 1.29 is 0 Å². The van der Waals surface area contributed by atoms with Gasteiger partial charge in [-0.3, -0.25) is 0 Å². The number of hydrogen-bond donors (Lipinski definition) is 1. The van der Waals surface area contributed by atoms with Gasteiger partial charge in [0.2, 0.25) is 0 Å². The number of hydrogen-bond acceptors (Lipinski definition) is 3. The number of rotatable bonds is 7. The number of nitrogens with zero attached hydrogens (tertiary/aromatic N) is 1. The summed E-state index contributed by atoms with van der Waals surface area (Å²) in [6.45, 7) is 7.46. The maximum Gasteiger partial charge on any atom is 0.0386 e. The summed E-state index contributed by atoms with van der Waals surface area (Å²) >= 11 is 1.82. The van der Waals surface area contributed by atoms with Gasteiger partial charge in [-0.05, 0) is 37.9 Å².